The van der Waals surface area contributed by atoms with Crippen molar-refractivity contribution in [2.75, 3.05) is 0 Å². The van der Waals surface area contributed by atoms with E-state index in [-0.39, 0.29) is 5.54 Å². The molecular formula is C16H20BrNOS. The Labute approximate surface area is 133 Å². The third-order valence-electron chi connectivity index (χ3n) is 2.77. The van der Waals surface area contributed by atoms with Gasteiger partial charge < -0.3 is 10.1 Å². The van der Waals surface area contributed by atoms with Gasteiger partial charge >= 0.3 is 0 Å². The zero-order chi connectivity index (χ0) is 14.6. The van der Waals surface area contributed by atoms with Gasteiger partial charge in [-0.15, -0.1) is 11.3 Å². The lowest BCUT2D eigenvalue weighted by Crippen LogP contribution is -2.35. The predicted octanol–water partition coefficient (Wildman–Crippen LogP) is 4.98. The van der Waals surface area contributed by atoms with Gasteiger partial charge in [0, 0.05) is 32.4 Å². The number of nitrogens with one attached hydrogen (secondary N) is 1. The van der Waals surface area contributed by atoms with Gasteiger partial charge in [-0.2, -0.15) is 0 Å². The normalized spacial score (nSPS) is 11.6. The summed E-state index contributed by atoms with van der Waals surface area (Å²) in [7, 11) is 0. The maximum Gasteiger partial charge on any atom is 0.124 e. The summed E-state index contributed by atoms with van der Waals surface area (Å²) in [6.07, 6.45) is 0. The first-order valence-electron chi connectivity index (χ1n) is 6.63. The number of halogens is 1. The Bertz CT molecular complexity index is 560. The third kappa shape index (κ3) is 4.93. The highest BCUT2D eigenvalue weighted by atomic mass is 79.9. The van der Waals surface area contributed by atoms with E-state index in [4.69, 9.17) is 4.74 Å². The zero-order valence-corrected chi connectivity index (χ0v) is 14.5. The minimum atomic E-state index is 0.103. The van der Waals surface area contributed by atoms with Crippen molar-refractivity contribution in [1.82, 2.24) is 5.32 Å². The van der Waals surface area contributed by atoms with Gasteiger partial charge in [-0.05, 0) is 48.8 Å². The van der Waals surface area contributed by atoms with Crippen LogP contribution >= 0.6 is 27.3 Å². The van der Waals surface area contributed by atoms with Crippen molar-refractivity contribution in [2.24, 2.45) is 0 Å². The third-order valence-corrected chi connectivity index (χ3v) is 4.44. The lowest BCUT2D eigenvalue weighted by atomic mass is 10.1. The van der Waals surface area contributed by atoms with E-state index in [2.05, 4.69) is 59.5 Å². The fourth-order valence-electron chi connectivity index (χ4n) is 1.73. The summed E-state index contributed by atoms with van der Waals surface area (Å²) in [5.41, 5.74) is 1.30. The second kappa shape index (κ2) is 6.74. The molecule has 0 aliphatic rings. The molecule has 0 aliphatic carbocycles. The first-order chi connectivity index (χ1) is 9.44. The van der Waals surface area contributed by atoms with Crippen molar-refractivity contribution in [3.63, 3.8) is 0 Å². The van der Waals surface area contributed by atoms with E-state index >= 15 is 0 Å². The van der Waals surface area contributed by atoms with Gasteiger partial charge in [-0.25, -0.2) is 0 Å². The van der Waals surface area contributed by atoms with E-state index < -0.39 is 0 Å². The Hall–Kier alpha value is -0.840. The van der Waals surface area contributed by atoms with Crippen molar-refractivity contribution in [2.45, 2.75) is 39.5 Å². The van der Waals surface area contributed by atoms with E-state index in [9.17, 15) is 0 Å². The van der Waals surface area contributed by atoms with Crippen LogP contribution in [0.15, 0.2) is 40.2 Å². The molecule has 1 heterocycles. The summed E-state index contributed by atoms with van der Waals surface area (Å²) in [4.78, 5) is 1.22. The summed E-state index contributed by atoms with van der Waals surface area (Å²) in [6.45, 7) is 7.93. The molecule has 0 unspecified atom stereocenters. The van der Waals surface area contributed by atoms with E-state index in [1.807, 2.05) is 18.2 Å². The average molecular weight is 354 g/mol. The number of para-hydroxylation sites is 1. The topological polar surface area (TPSA) is 21.3 Å². The Kier molecular flexibility index (Phi) is 5.24. The number of benzene rings is 1. The maximum absolute atomic E-state index is 5.95. The van der Waals surface area contributed by atoms with Crippen LogP contribution in [-0.4, -0.2) is 5.54 Å². The van der Waals surface area contributed by atoms with E-state index in [0.29, 0.717) is 6.61 Å². The molecule has 2 rings (SSSR count). The van der Waals surface area contributed by atoms with Crippen molar-refractivity contribution in [1.29, 1.82) is 0 Å². The van der Waals surface area contributed by atoms with Crippen LogP contribution in [0.4, 0.5) is 0 Å². The van der Waals surface area contributed by atoms with Crippen LogP contribution < -0.4 is 10.1 Å². The van der Waals surface area contributed by atoms with Gasteiger partial charge in [-0.3, -0.25) is 0 Å². The number of hydrogen-bond donors (Lipinski definition) is 1. The number of thiophene rings is 1. The fourth-order valence-corrected chi connectivity index (χ4v) is 3.09. The number of ether oxygens (including phenoxy) is 1. The highest BCUT2D eigenvalue weighted by Crippen LogP contribution is 2.24. The summed E-state index contributed by atoms with van der Waals surface area (Å²) in [5, 5.41) is 5.57. The molecule has 108 valence electrons. The van der Waals surface area contributed by atoms with Gasteiger partial charge in [0.25, 0.3) is 0 Å². The molecule has 1 aromatic carbocycles. The lowest BCUT2D eigenvalue weighted by Gasteiger charge is -2.21. The molecule has 4 heteroatoms. The molecule has 0 spiro atoms. The second-order valence-electron chi connectivity index (χ2n) is 5.73. The molecule has 20 heavy (non-hydrogen) atoms. The molecule has 1 aromatic heterocycles. The molecule has 0 aliphatic heterocycles. The van der Waals surface area contributed by atoms with Crippen LogP contribution in [0.5, 0.6) is 5.75 Å². The molecule has 1 N–H and O–H groups in total. The fraction of sp³-hybridized carbons (Fsp3) is 0.375. The minimum absolute atomic E-state index is 0.103. The molecule has 2 aromatic rings. The summed E-state index contributed by atoms with van der Waals surface area (Å²) in [5.74, 6) is 0.953. The molecule has 0 bridgehead atoms. The molecule has 0 atom stereocenters. The predicted molar refractivity (Wildman–Crippen MR) is 89.4 cm³/mol. The molecule has 2 nitrogen and oxygen atoms in total. The van der Waals surface area contributed by atoms with Crippen LogP contribution in [0, 0.1) is 0 Å². The van der Waals surface area contributed by atoms with Gasteiger partial charge in [0.05, 0.1) is 0 Å². The first kappa shape index (κ1) is 15.5. The molecule has 0 fully saturated rings. The summed E-state index contributed by atoms with van der Waals surface area (Å²) < 4.78 is 7.07. The maximum atomic E-state index is 5.95. The highest BCUT2D eigenvalue weighted by Gasteiger charge is 2.11. The smallest absolute Gasteiger partial charge is 0.124 e. The van der Waals surface area contributed by atoms with Crippen molar-refractivity contribution in [3.8, 4) is 5.75 Å². The van der Waals surface area contributed by atoms with Crippen LogP contribution in [0.2, 0.25) is 0 Å². The van der Waals surface area contributed by atoms with E-state index in [1.54, 1.807) is 11.3 Å². The minimum Gasteiger partial charge on any atom is -0.488 e. The SMILES string of the molecule is CC(C)(C)NCc1ccccc1OCc1cc(Br)cs1. The molecule has 0 saturated heterocycles. The average Bonchev–Trinajstić information content (AvgIpc) is 2.80. The van der Waals surface area contributed by atoms with E-state index in [1.165, 1.54) is 10.4 Å². The number of hydrogen-bond acceptors (Lipinski definition) is 3. The molecule has 0 amide bonds. The Morgan fingerprint density at radius 3 is 2.65 bits per heavy atom. The van der Waals surface area contributed by atoms with Gasteiger partial charge in [0.1, 0.15) is 12.4 Å². The van der Waals surface area contributed by atoms with Crippen LogP contribution in [0.25, 0.3) is 0 Å². The molecule has 0 radical (unpaired) electrons. The van der Waals surface area contributed by atoms with Crippen molar-refractivity contribution >= 4 is 27.3 Å². The van der Waals surface area contributed by atoms with Crippen LogP contribution in [0.1, 0.15) is 31.2 Å². The summed E-state index contributed by atoms with van der Waals surface area (Å²) >= 11 is 5.17. The lowest BCUT2D eigenvalue weighted by molar-refractivity contribution is 0.303. The first-order valence-corrected chi connectivity index (χ1v) is 8.30. The Balaban J connectivity index is 2.00. The second-order valence-corrected chi connectivity index (χ2v) is 7.64. The quantitative estimate of drug-likeness (QED) is 0.818. The van der Waals surface area contributed by atoms with Crippen LogP contribution in [0.3, 0.4) is 0 Å². The summed E-state index contributed by atoms with van der Waals surface area (Å²) in [6, 6.07) is 10.3. The zero-order valence-electron chi connectivity index (χ0n) is 12.1. The van der Waals surface area contributed by atoms with E-state index in [0.717, 1.165) is 16.8 Å². The van der Waals surface area contributed by atoms with Crippen LogP contribution in [-0.2, 0) is 13.2 Å². The standard InChI is InChI=1S/C16H20BrNOS/c1-16(2,3)18-9-12-6-4-5-7-15(12)19-10-14-8-13(17)11-20-14/h4-8,11,18H,9-10H2,1-3H3. The largest absolute Gasteiger partial charge is 0.488 e. The van der Waals surface area contributed by atoms with Gasteiger partial charge in [0.2, 0.25) is 0 Å². The van der Waals surface area contributed by atoms with Crippen molar-refractivity contribution < 1.29 is 4.74 Å². The number of rotatable bonds is 5. The monoisotopic (exact) mass is 353 g/mol. The molecule has 0 saturated carbocycles. The highest BCUT2D eigenvalue weighted by molar-refractivity contribution is 9.10. The van der Waals surface area contributed by atoms with Gasteiger partial charge in [0.15, 0.2) is 0 Å². The molecular weight excluding hydrogens is 334 g/mol. The van der Waals surface area contributed by atoms with Gasteiger partial charge in [-0.1, -0.05) is 18.2 Å². The van der Waals surface area contributed by atoms with Crippen molar-refractivity contribution in [3.05, 3.63) is 50.6 Å². The Morgan fingerprint density at radius 2 is 2.00 bits per heavy atom. The Morgan fingerprint density at radius 1 is 1.25 bits per heavy atom.